The van der Waals surface area contributed by atoms with Crippen molar-refractivity contribution in [3.63, 3.8) is 0 Å². The number of hydrogen-bond acceptors (Lipinski definition) is 1. The molecule has 0 spiro atoms. The Morgan fingerprint density at radius 1 is 0.895 bits per heavy atom. The Morgan fingerprint density at radius 2 is 1.63 bits per heavy atom. The minimum Gasteiger partial charge on any atom is -0.455 e. The Bertz CT molecular complexity index is 770. The van der Waals surface area contributed by atoms with Crippen LogP contribution >= 0.6 is 0 Å². The van der Waals surface area contributed by atoms with Crippen molar-refractivity contribution in [3.8, 4) is 0 Å². The SMILES string of the molecule is Cc1cc(C)c2oc3c(C(C)(C)C)cccc3c2c1. The normalized spacial score (nSPS) is 12.5. The second kappa shape index (κ2) is 3.86. The van der Waals surface area contributed by atoms with E-state index in [1.165, 1.54) is 27.5 Å². The van der Waals surface area contributed by atoms with Gasteiger partial charge >= 0.3 is 0 Å². The highest BCUT2D eigenvalue weighted by Gasteiger charge is 2.20. The first-order valence-electron chi connectivity index (χ1n) is 6.81. The molecule has 0 atom stereocenters. The van der Waals surface area contributed by atoms with E-state index < -0.39 is 0 Å². The molecule has 1 aromatic heterocycles. The van der Waals surface area contributed by atoms with Gasteiger partial charge in [0.25, 0.3) is 0 Å². The Hall–Kier alpha value is -1.76. The van der Waals surface area contributed by atoms with Crippen molar-refractivity contribution in [3.05, 3.63) is 47.0 Å². The molecule has 3 aromatic rings. The van der Waals surface area contributed by atoms with Crippen molar-refractivity contribution < 1.29 is 4.42 Å². The number of benzene rings is 2. The zero-order valence-electron chi connectivity index (χ0n) is 12.3. The van der Waals surface area contributed by atoms with Gasteiger partial charge in [0, 0.05) is 16.3 Å². The summed E-state index contributed by atoms with van der Waals surface area (Å²) in [6.45, 7) is 10.9. The molecule has 0 amide bonds. The summed E-state index contributed by atoms with van der Waals surface area (Å²) in [4.78, 5) is 0. The van der Waals surface area contributed by atoms with Gasteiger partial charge in [0.15, 0.2) is 0 Å². The van der Waals surface area contributed by atoms with E-state index in [1.54, 1.807) is 0 Å². The molecular formula is C18H20O. The molecule has 1 heterocycles. The molecule has 0 aliphatic carbocycles. The van der Waals surface area contributed by atoms with E-state index in [2.05, 4.69) is 65.0 Å². The number of aryl methyl sites for hydroxylation is 2. The quantitative estimate of drug-likeness (QED) is 0.515. The molecule has 3 rings (SSSR count). The highest BCUT2D eigenvalue weighted by molar-refractivity contribution is 6.07. The zero-order chi connectivity index (χ0) is 13.8. The summed E-state index contributed by atoms with van der Waals surface area (Å²) < 4.78 is 6.20. The summed E-state index contributed by atoms with van der Waals surface area (Å²) in [7, 11) is 0. The summed E-state index contributed by atoms with van der Waals surface area (Å²) in [5.41, 5.74) is 5.94. The predicted molar refractivity (Wildman–Crippen MR) is 81.9 cm³/mol. The standard InChI is InChI=1S/C18H20O/c1-11-9-12(2)16-14(10-11)13-7-6-8-15(17(13)19-16)18(3,4)5/h6-10H,1-5H3. The highest BCUT2D eigenvalue weighted by atomic mass is 16.3. The molecule has 98 valence electrons. The minimum absolute atomic E-state index is 0.0936. The van der Waals surface area contributed by atoms with Crippen molar-refractivity contribution in [2.75, 3.05) is 0 Å². The largest absolute Gasteiger partial charge is 0.455 e. The van der Waals surface area contributed by atoms with Crippen LogP contribution in [0.5, 0.6) is 0 Å². The summed E-state index contributed by atoms with van der Waals surface area (Å²) in [5.74, 6) is 0. The van der Waals surface area contributed by atoms with Crippen molar-refractivity contribution in [2.24, 2.45) is 0 Å². The second-order valence-corrected chi connectivity index (χ2v) is 6.49. The lowest BCUT2D eigenvalue weighted by Crippen LogP contribution is -2.10. The lowest BCUT2D eigenvalue weighted by Gasteiger charge is -2.18. The van der Waals surface area contributed by atoms with Gasteiger partial charge in [0.2, 0.25) is 0 Å². The van der Waals surface area contributed by atoms with Crippen LogP contribution in [0.25, 0.3) is 21.9 Å². The number of rotatable bonds is 0. The number of fused-ring (bicyclic) bond motifs is 3. The van der Waals surface area contributed by atoms with Gasteiger partial charge in [-0.05, 0) is 36.5 Å². The Balaban J connectivity index is 2.50. The van der Waals surface area contributed by atoms with Crippen molar-refractivity contribution >= 4 is 21.9 Å². The van der Waals surface area contributed by atoms with Crippen LogP contribution in [-0.4, -0.2) is 0 Å². The fourth-order valence-electron chi connectivity index (χ4n) is 2.84. The summed E-state index contributed by atoms with van der Waals surface area (Å²) >= 11 is 0. The lowest BCUT2D eigenvalue weighted by atomic mass is 9.86. The molecule has 0 bridgehead atoms. The van der Waals surface area contributed by atoms with Crippen LogP contribution in [0.15, 0.2) is 34.7 Å². The van der Waals surface area contributed by atoms with E-state index in [9.17, 15) is 0 Å². The predicted octanol–water partition coefficient (Wildman–Crippen LogP) is 5.50. The highest BCUT2D eigenvalue weighted by Crippen LogP contribution is 2.37. The molecule has 0 radical (unpaired) electrons. The fraction of sp³-hybridized carbons (Fsp3) is 0.333. The number of hydrogen-bond donors (Lipinski definition) is 0. The third kappa shape index (κ3) is 1.85. The van der Waals surface area contributed by atoms with Crippen LogP contribution in [0.2, 0.25) is 0 Å². The van der Waals surface area contributed by atoms with Crippen LogP contribution in [0.4, 0.5) is 0 Å². The van der Waals surface area contributed by atoms with E-state index in [4.69, 9.17) is 4.42 Å². The third-order valence-corrected chi connectivity index (χ3v) is 3.74. The number of furan rings is 1. The first-order valence-corrected chi connectivity index (χ1v) is 6.81. The molecular weight excluding hydrogens is 232 g/mol. The summed E-state index contributed by atoms with van der Waals surface area (Å²) in [6, 6.07) is 10.9. The maximum Gasteiger partial charge on any atom is 0.139 e. The molecule has 1 heteroatoms. The zero-order valence-corrected chi connectivity index (χ0v) is 12.3. The average molecular weight is 252 g/mol. The molecule has 0 aliphatic rings. The monoisotopic (exact) mass is 252 g/mol. The van der Waals surface area contributed by atoms with E-state index in [1.807, 2.05) is 0 Å². The number of para-hydroxylation sites is 1. The third-order valence-electron chi connectivity index (χ3n) is 3.74. The average Bonchev–Trinajstić information content (AvgIpc) is 2.66. The van der Waals surface area contributed by atoms with E-state index in [0.717, 1.165) is 11.2 Å². The molecule has 2 aromatic carbocycles. The van der Waals surface area contributed by atoms with E-state index in [-0.39, 0.29) is 5.41 Å². The molecule has 0 unspecified atom stereocenters. The first-order chi connectivity index (χ1) is 8.88. The smallest absolute Gasteiger partial charge is 0.139 e. The van der Waals surface area contributed by atoms with Crippen LogP contribution in [0, 0.1) is 13.8 Å². The maximum atomic E-state index is 6.20. The molecule has 0 aliphatic heterocycles. The van der Waals surface area contributed by atoms with E-state index >= 15 is 0 Å². The van der Waals surface area contributed by atoms with Crippen LogP contribution in [0.3, 0.4) is 0 Å². The van der Waals surface area contributed by atoms with Gasteiger partial charge in [-0.3, -0.25) is 0 Å². The van der Waals surface area contributed by atoms with Crippen molar-refractivity contribution in [1.29, 1.82) is 0 Å². The van der Waals surface area contributed by atoms with Crippen molar-refractivity contribution in [2.45, 2.75) is 40.0 Å². The first kappa shape index (κ1) is 12.3. The molecule has 0 saturated heterocycles. The maximum absolute atomic E-state index is 6.20. The summed E-state index contributed by atoms with van der Waals surface area (Å²) in [5, 5.41) is 2.47. The Labute approximate surface area is 114 Å². The fourth-order valence-corrected chi connectivity index (χ4v) is 2.84. The van der Waals surface area contributed by atoms with Gasteiger partial charge in [0.1, 0.15) is 11.2 Å². The van der Waals surface area contributed by atoms with Gasteiger partial charge < -0.3 is 4.42 Å². The van der Waals surface area contributed by atoms with Gasteiger partial charge in [0.05, 0.1) is 0 Å². The molecule has 1 nitrogen and oxygen atoms in total. The van der Waals surface area contributed by atoms with Gasteiger partial charge in [-0.1, -0.05) is 45.0 Å². The Morgan fingerprint density at radius 3 is 2.32 bits per heavy atom. The van der Waals surface area contributed by atoms with Gasteiger partial charge in [-0.2, -0.15) is 0 Å². The van der Waals surface area contributed by atoms with Crippen LogP contribution in [0.1, 0.15) is 37.5 Å². The molecule has 0 saturated carbocycles. The van der Waals surface area contributed by atoms with Gasteiger partial charge in [-0.25, -0.2) is 0 Å². The van der Waals surface area contributed by atoms with Gasteiger partial charge in [-0.15, -0.1) is 0 Å². The molecule has 19 heavy (non-hydrogen) atoms. The topological polar surface area (TPSA) is 13.1 Å². The van der Waals surface area contributed by atoms with Crippen LogP contribution in [-0.2, 0) is 5.41 Å². The van der Waals surface area contributed by atoms with Crippen molar-refractivity contribution in [1.82, 2.24) is 0 Å². The minimum atomic E-state index is 0.0936. The Kier molecular flexibility index (Phi) is 2.50. The van der Waals surface area contributed by atoms with E-state index in [0.29, 0.717) is 0 Å². The molecule has 0 N–H and O–H groups in total. The lowest BCUT2D eigenvalue weighted by molar-refractivity contribution is 0.572. The second-order valence-electron chi connectivity index (χ2n) is 6.49. The molecule has 0 fully saturated rings. The van der Waals surface area contributed by atoms with Crippen LogP contribution < -0.4 is 0 Å². The summed E-state index contributed by atoms with van der Waals surface area (Å²) in [6.07, 6.45) is 0.